The molecule has 0 aliphatic heterocycles. The topological polar surface area (TPSA) is 0 Å². The smallest absolute Gasteiger partial charge is 0.0223 e. The normalized spacial score (nSPS) is 10.0. The summed E-state index contributed by atoms with van der Waals surface area (Å²) in [6.07, 6.45) is 11.1. The van der Waals surface area contributed by atoms with Crippen molar-refractivity contribution in [3.8, 4) is 11.8 Å². The average molecular weight is 199 g/mol. The quantitative estimate of drug-likeness (QED) is 0.342. The lowest BCUT2D eigenvalue weighted by Crippen LogP contribution is -1.79. The van der Waals surface area contributed by atoms with Crippen LogP contribution in [-0.2, 0) is 0 Å². The van der Waals surface area contributed by atoms with E-state index >= 15 is 0 Å². The van der Waals surface area contributed by atoms with Crippen LogP contribution >= 0.6 is 11.6 Å². The fraction of sp³-hybridized carbons (Fsp3) is 0.667. The molecule has 0 amide bonds. The van der Waals surface area contributed by atoms with Crippen LogP contribution in [-0.4, -0.2) is 5.88 Å². The number of alkyl halides is 1. The van der Waals surface area contributed by atoms with Gasteiger partial charge in [0.1, 0.15) is 0 Å². The lowest BCUT2D eigenvalue weighted by atomic mass is 10.1. The van der Waals surface area contributed by atoms with Gasteiger partial charge in [0.25, 0.3) is 0 Å². The van der Waals surface area contributed by atoms with Crippen molar-refractivity contribution in [1.29, 1.82) is 0 Å². The summed E-state index contributed by atoms with van der Waals surface area (Å²) < 4.78 is 0. The van der Waals surface area contributed by atoms with E-state index in [0.29, 0.717) is 0 Å². The molecule has 0 unspecified atom stereocenters. The summed E-state index contributed by atoms with van der Waals surface area (Å²) in [5.41, 5.74) is 0. The molecule has 0 nitrogen and oxygen atoms in total. The summed E-state index contributed by atoms with van der Waals surface area (Å²) >= 11 is 5.57. The first-order chi connectivity index (χ1) is 6.41. The molecular weight excluding hydrogens is 180 g/mol. The molecule has 0 aromatic rings. The molecule has 0 aliphatic carbocycles. The molecule has 0 N–H and O–H groups in total. The molecule has 0 saturated heterocycles. The number of hydrogen-bond donors (Lipinski definition) is 0. The summed E-state index contributed by atoms with van der Waals surface area (Å²) in [4.78, 5) is 0. The van der Waals surface area contributed by atoms with Gasteiger partial charge in [-0.3, -0.25) is 0 Å². The molecule has 74 valence electrons. The second-order valence-corrected chi connectivity index (χ2v) is 3.41. The minimum atomic E-state index is 0.807. The highest BCUT2D eigenvalue weighted by molar-refractivity contribution is 6.17. The van der Waals surface area contributed by atoms with Crippen molar-refractivity contribution >= 4 is 11.6 Å². The van der Waals surface area contributed by atoms with Crippen molar-refractivity contribution < 1.29 is 0 Å². The monoisotopic (exact) mass is 198 g/mol. The third-order valence-corrected chi connectivity index (χ3v) is 2.05. The molecule has 0 aliphatic rings. The molecule has 0 bridgehead atoms. The Morgan fingerprint density at radius 2 is 1.77 bits per heavy atom. The van der Waals surface area contributed by atoms with Gasteiger partial charge in [0.05, 0.1) is 0 Å². The van der Waals surface area contributed by atoms with Gasteiger partial charge in [-0.1, -0.05) is 37.2 Å². The minimum absolute atomic E-state index is 0.807. The van der Waals surface area contributed by atoms with Crippen molar-refractivity contribution in [2.75, 3.05) is 5.88 Å². The lowest BCUT2D eigenvalue weighted by Gasteiger charge is -1.95. The maximum Gasteiger partial charge on any atom is 0.0223 e. The molecule has 0 spiro atoms. The molecule has 0 rings (SSSR count). The minimum Gasteiger partial charge on any atom is -0.127 e. The second kappa shape index (κ2) is 11.6. The van der Waals surface area contributed by atoms with Gasteiger partial charge < -0.3 is 0 Å². The van der Waals surface area contributed by atoms with Crippen molar-refractivity contribution in [3.63, 3.8) is 0 Å². The Morgan fingerprint density at radius 1 is 1.08 bits per heavy atom. The van der Waals surface area contributed by atoms with Gasteiger partial charge in [0, 0.05) is 12.3 Å². The Balaban J connectivity index is 3.04. The van der Waals surface area contributed by atoms with E-state index in [1.807, 2.05) is 19.1 Å². The van der Waals surface area contributed by atoms with Crippen LogP contribution in [0.25, 0.3) is 0 Å². The molecule has 0 atom stereocenters. The molecule has 1 heteroatoms. The lowest BCUT2D eigenvalue weighted by molar-refractivity contribution is 0.643. The van der Waals surface area contributed by atoms with E-state index in [1.165, 1.54) is 25.7 Å². The van der Waals surface area contributed by atoms with Crippen LogP contribution in [0.1, 0.15) is 45.4 Å². The van der Waals surface area contributed by atoms with Crippen molar-refractivity contribution in [1.82, 2.24) is 0 Å². The molecule has 0 aromatic carbocycles. The zero-order valence-corrected chi connectivity index (χ0v) is 9.24. The van der Waals surface area contributed by atoms with Gasteiger partial charge in [-0.25, -0.2) is 0 Å². The van der Waals surface area contributed by atoms with E-state index in [4.69, 9.17) is 11.6 Å². The largest absolute Gasteiger partial charge is 0.127 e. The zero-order chi connectivity index (χ0) is 9.78. The summed E-state index contributed by atoms with van der Waals surface area (Å²) in [5, 5.41) is 0. The van der Waals surface area contributed by atoms with Crippen LogP contribution in [0.4, 0.5) is 0 Å². The van der Waals surface area contributed by atoms with E-state index < -0.39 is 0 Å². The summed E-state index contributed by atoms with van der Waals surface area (Å²) in [6, 6.07) is 0. The molecule has 0 radical (unpaired) electrons. The third-order valence-electron chi connectivity index (χ3n) is 1.79. The van der Waals surface area contributed by atoms with Gasteiger partial charge >= 0.3 is 0 Å². The van der Waals surface area contributed by atoms with Crippen LogP contribution in [0.15, 0.2) is 12.2 Å². The van der Waals surface area contributed by atoms with E-state index in [2.05, 4.69) is 11.8 Å². The average Bonchev–Trinajstić information content (AvgIpc) is 2.16. The fourth-order valence-corrected chi connectivity index (χ4v) is 1.24. The highest BCUT2D eigenvalue weighted by Crippen LogP contribution is 2.05. The van der Waals surface area contributed by atoms with Gasteiger partial charge in [0.2, 0.25) is 0 Å². The number of halogens is 1. The number of rotatable bonds is 6. The van der Waals surface area contributed by atoms with Gasteiger partial charge in [-0.15, -0.1) is 11.6 Å². The van der Waals surface area contributed by atoms with Gasteiger partial charge in [-0.05, 0) is 25.8 Å². The van der Waals surface area contributed by atoms with Crippen LogP contribution < -0.4 is 0 Å². The van der Waals surface area contributed by atoms with E-state index in [1.54, 1.807) is 0 Å². The van der Waals surface area contributed by atoms with E-state index in [9.17, 15) is 0 Å². The SMILES string of the molecule is C/C=C\C#CCCCCCCCCl. The highest BCUT2D eigenvalue weighted by Gasteiger charge is 1.87. The first kappa shape index (κ1) is 12.6. The van der Waals surface area contributed by atoms with Crippen LogP contribution in [0.3, 0.4) is 0 Å². The Hall–Kier alpha value is -0.410. The fourth-order valence-electron chi connectivity index (χ4n) is 1.05. The Labute approximate surface area is 87.4 Å². The highest BCUT2D eigenvalue weighted by atomic mass is 35.5. The molecule has 0 fully saturated rings. The maximum atomic E-state index is 5.57. The second-order valence-electron chi connectivity index (χ2n) is 3.03. The Kier molecular flexibility index (Phi) is 11.2. The van der Waals surface area contributed by atoms with Crippen LogP contribution in [0.5, 0.6) is 0 Å². The van der Waals surface area contributed by atoms with Crippen LogP contribution in [0, 0.1) is 11.8 Å². The predicted octanol–water partition coefficient (Wildman–Crippen LogP) is 4.15. The molecular formula is C12H19Cl. The third kappa shape index (κ3) is 11.6. The van der Waals surface area contributed by atoms with Crippen molar-refractivity contribution in [2.24, 2.45) is 0 Å². The first-order valence-electron chi connectivity index (χ1n) is 5.07. The maximum absolute atomic E-state index is 5.57. The van der Waals surface area contributed by atoms with Crippen LogP contribution in [0.2, 0.25) is 0 Å². The van der Waals surface area contributed by atoms with Crippen molar-refractivity contribution in [2.45, 2.75) is 45.4 Å². The number of hydrogen-bond acceptors (Lipinski definition) is 0. The Morgan fingerprint density at radius 3 is 2.46 bits per heavy atom. The Bertz CT molecular complexity index is 171. The molecule has 13 heavy (non-hydrogen) atoms. The summed E-state index contributed by atoms with van der Waals surface area (Å²) in [6.45, 7) is 1.99. The number of allylic oxidation sites excluding steroid dienone is 2. The van der Waals surface area contributed by atoms with Gasteiger partial charge in [-0.2, -0.15) is 0 Å². The molecule has 0 heterocycles. The standard InChI is InChI=1S/C12H19Cl/c1-2-3-4-5-6-7-8-9-10-11-12-13/h2-3H,6-12H2,1H3/b3-2-. The van der Waals surface area contributed by atoms with E-state index in [0.717, 1.165) is 18.7 Å². The molecule has 0 saturated carbocycles. The van der Waals surface area contributed by atoms with Crippen molar-refractivity contribution in [3.05, 3.63) is 12.2 Å². The zero-order valence-electron chi connectivity index (χ0n) is 8.48. The summed E-state index contributed by atoms with van der Waals surface area (Å²) in [5.74, 6) is 6.91. The molecule has 0 aromatic heterocycles. The number of unbranched alkanes of at least 4 members (excludes halogenated alkanes) is 5. The summed E-state index contributed by atoms with van der Waals surface area (Å²) in [7, 11) is 0. The predicted molar refractivity (Wildman–Crippen MR) is 61.0 cm³/mol. The van der Waals surface area contributed by atoms with E-state index in [-0.39, 0.29) is 0 Å². The first-order valence-corrected chi connectivity index (χ1v) is 5.60. The van der Waals surface area contributed by atoms with Gasteiger partial charge in [0.15, 0.2) is 0 Å².